The molecule has 6 heteroatoms. The zero-order chi connectivity index (χ0) is 11.0. The molecule has 1 heterocycles. The summed E-state index contributed by atoms with van der Waals surface area (Å²) >= 11 is 4.21. The molecule has 0 N–H and O–H groups in total. The molecule has 0 spiro atoms. The Morgan fingerprint density at radius 1 is 1.33 bits per heavy atom. The van der Waals surface area contributed by atoms with Crippen molar-refractivity contribution in [3.8, 4) is 5.69 Å². The Morgan fingerprint density at radius 3 is 2.60 bits per heavy atom. The Hall–Kier alpha value is -1.14. The van der Waals surface area contributed by atoms with Gasteiger partial charge in [-0.3, -0.25) is 9.36 Å². The highest BCUT2D eigenvalue weighted by Gasteiger charge is 2.07. The fourth-order valence-corrected chi connectivity index (χ4v) is 2.32. The van der Waals surface area contributed by atoms with Crippen LogP contribution in [0.3, 0.4) is 0 Å². The number of halogens is 1. The van der Waals surface area contributed by atoms with Crippen LogP contribution in [0.2, 0.25) is 0 Å². The molecule has 2 aromatic rings. The maximum atomic E-state index is 11.6. The van der Waals surface area contributed by atoms with Gasteiger partial charge in [0.1, 0.15) is 0 Å². The SMILES string of the molecule is Cn1c(=O)sn(-c2cccc(Br)c2)c1=O. The van der Waals surface area contributed by atoms with Gasteiger partial charge in [-0.25, -0.2) is 8.75 Å². The van der Waals surface area contributed by atoms with Crippen molar-refractivity contribution < 1.29 is 0 Å². The molecule has 0 aliphatic carbocycles. The molecule has 0 saturated carbocycles. The number of hydrogen-bond donors (Lipinski definition) is 0. The van der Waals surface area contributed by atoms with Crippen molar-refractivity contribution in [1.82, 2.24) is 8.52 Å². The van der Waals surface area contributed by atoms with Crippen molar-refractivity contribution in [2.45, 2.75) is 0 Å². The van der Waals surface area contributed by atoms with Crippen molar-refractivity contribution in [3.63, 3.8) is 0 Å². The normalized spacial score (nSPS) is 10.5. The molecule has 1 aromatic carbocycles. The van der Waals surface area contributed by atoms with Crippen molar-refractivity contribution in [1.29, 1.82) is 0 Å². The summed E-state index contributed by atoms with van der Waals surface area (Å²) in [7, 11) is 1.47. The van der Waals surface area contributed by atoms with E-state index in [4.69, 9.17) is 0 Å². The van der Waals surface area contributed by atoms with E-state index >= 15 is 0 Å². The zero-order valence-electron chi connectivity index (χ0n) is 7.81. The first kappa shape index (κ1) is 10.4. The summed E-state index contributed by atoms with van der Waals surface area (Å²) in [5.41, 5.74) is 0.375. The zero-order valence-corrected chi connectivity index (χ0v) is 10.2. The Bertz CT molecular complexity index is 611. The van der Waals surface area contributed by atoms with Gasteiger partial charge in [0, 0.05) is 23.1 Å². The standard InChI is InChI=1S/C9H7BrN2O2S/c1-11-8(13)12(15-9(11)14)7-4-2-3-6(10)5-7/h2-5H,1H3. The molecular weight excluding hydrogens is 280 g/mol. The maximum Gasteiger partial charge on any atom is 0.345 e. The molecule has 4 nitrogen and oxygen atoms in total. The molecule has 1 aromatic heterocycles. The summed E-state index contributed by atoms with van der Waals surface area (Å²) in [6.45, 7) is 0. The Labute approximate surface area is 97.7 Å². The molecule has 0 aliphatic heterocycles. The second-order valence-electron chi connectivity index (χ2n) is 2.97. The number of hydrogen-bond acceptors (Lipinski definition) is 3. The van der Waals surface area contributed by atoms with Crippen LogP contribution in [-0.4, -0.2) is 8.52 Å². The van der Waals surface area contributed by atoms with Crippen molar-refractivity contribution in [2.24, 2.45) is 7.05 Å². The topological polar surface area (TPSA) is 44.0 Å². The lowest BCUT2D eigenvalue weighted by atomic mass is 10.3. The molecule has 0 fully saturated rings. The fraction of sp³-hybridized carbons (Fsp3) is 0.111. The summed E-state index contributed by atoms with van der Waals surface area (Å²) in [4.78, 5) is 22.6. The van der Waals surface area contributed by atoms with E-state index in [-0.39, 0.29) is 10.6 Å². The van der Waals surface area contributed by atoms with Gasteiger partial charge >= 0.3 is 10.6 Å². The lowest BCUT2D eigenvalue weighted by Crippen LogP contribution is -2.25. The quantitative estimate of drug-likeness (QED) is 0.795. The smallest absolute Gasteiger partial charge is 0.255 e. The van der Waals surface area contributed by atoms with Crippen LogP contribution in [-0.2, 0) is 7.05 Å². The van der Waals surface area contributed by atoms with Gasteiger partial charge in [0.05, 0.1) is 5.69 Å². The van der Waals surface area contributed by atoms with Crippen LogP contribution in [0.15, 0.2) is 38.3 Å². The van der Waals surface area contributed by atoms with Gasteiger partial charge in [-0.15, -0.1) is 0 Å². The first-order valence-corrected chi connectivity index (χ1v) is 5.71. The van der Waals surface area contributed by atoms with Gasteiger partial charge in [-0.1, -0.05) is 22.0 Å². The van der Waals surface area contributed by atoms with E-state index in [1.807, 2.05) is 12.1 Å². The predicted molar refractivity (Wildman–Crippen MR) is 62.9 cm³/mol. The summed E-state index contributed by atoms with van der Waals surface area (Å²) in [6.07, 6.45) is 0. The third-order valence-corrected chi connectivity index (χ3v) is 3.42. The monoisotopic (exact) mass is 286 g/mol. The van der Waals surface area contributed by atoms with Gasteiger partial charge in [0.25, 0.3) is 0 Å². The molecule has 0 bridgehead atoms. The average Bonchev–Trinajstić information content (AvgIpc) is 2.46. The first-order valence-electron chi connectivity index (χ1n) is 4.15. The lowest BCUT2D eigenvalue weighted by molar-refractivity contribution is 0.805. The maximum absolute atomic E-state index is 11.6. The fourth-order valence-electron chi connectivity index (χ4n) is 1.16. The van der Waals surface area contributed by atoms with Gasteiger partial charge in [-0.05, 0) is 18.2 Å². The third kappa shape index (κ3) is 1.82. The van der Waals surface area contributed by atoms with Crippen LogP contribution in [0.25, 0.3) is 5.69 Å². The molecule has 78 valence electrons. The van der Waals surface area contributed by atoms with Gasteiger partial charge < -0.3 is 0 Å². The van der Waals surface area contributed by atoms with Crippen molar-refractivity contribution in [2.75, 3.05) is 0 Å². The van der Waals surface area contributed by atoms with Crippen LogP contribution < -0.4 is 10.6 Å². The Kier molecular flexibility index (Phi) is 2.62. The molecule has 2 rings (SSSR count). The highest BCUT2D eigenvalue weighted by Crippen LogP contribution is 2.14. The highest BCUT2D eigenvalue weighted by atomic mass is 79.9. The van der Waals surface area contributed by atoms with Crippen LogP contribution in [0.5, 0.6) is 0 Å². The van der Waals surface area contributed by atoms with Crippen LogP contribution in [0, 0.1) is 0 Å². The number of aromatic nitrogens is 2. The lowest BCUT2D eigenvalue weighted by Gasteiger charge is -1.98. The first-order chi connectivity index (χ1) is 7.09. The number of benzene rings is 1. The van der Waals surface area contributed by atoms with E-state index in [0.717, 1.165) is 20.6 Å². The highest BCUT2D eigenvalue weighted by molar-refractivity contribution is 9.10. The molecular formula is C9H7BrN2O2S. The molecule has 0 unspecified atom stereocenters. The van der Waals surface area contributed by atoms with E-state index in [9.17, 15) is 9.59 Å². The largest absolute Gasteiger partial charge is 0.345 e. The van der Waals surface area contributed by atoms with Gasteiger partial charge in [-0.2, -0.15) is 0 Å². The summed E-state index contributed by atoms with van der Waals surface area (Å²) in [6, 6.07) is 7.25. The van der Waals surface area contributed by atoms with E-state index in [1.165, 1.54) is 11.0 Å². The van der Waals surface area contributed by atoms with Crippen LogP contribution in [0.1, 0.15) is 0 Å². The van der Waals surface area contributed by atoms with E-state index in [1.54, 1.807) is 12.1 Å². The number of nitrogens with zero attached hydrogens (tertiary/aromatic N) is 2. The summed E-state index contributed by atoms with van der Waals surface area (Å²) in [5.74, 6) is 0. The van der Waals surface area contributed by atoms with Gasteiger partial charge in [0.15, 0.2) is 0 Å². The minimum atomic E-state index is -0.317. The summed E-state index contributed by atoms with van der Waals surface area (Å²) in [5, 5.41) is 0. The summed E-state index contributed by atoms with van der Waals surface area (Å²) < 4.78 is 3.33. The Balaban J connectivity index is 2.70. The van der Waals surface area contributed by atoms with Crippen molar-refractivity contribution >= 4 is 27.5 Å². The minimum absolute atomic E-state index is 0.264. The van der Waals surface area contributed by atoms with Crippen LogP contribution in [0.4, 0.5) is 0 Å². The second-order valence-corrected chi connectivity index (χ2v) is 4.79. The molecule has 0 amide bonds. The molecule has 0 aliphatic rings. The minimum Gasteiger partial charge on any atom is -0.255 e. The number of rotatable bonds is 1. The van der Waals surface area contributed by atoms with Gasteiger partial charge in [0.2, 0.25) is 0 Å². The molecule has 0 saturated heterocycles. The van der Waals surface area contributed by atoms with Crippen LogP contribution >= 0.6 is 27.5 Å². The van der Waals surface area contributed by atoms with Crippen molar-refractivity contribution in [3.05, 3.63) is 48.9 Å². The average molecular weight is 287 g/mol. The van der Waals surface area contributed by atoms with E-state index in [0.29, 0.717) is 5.69 Å². The molecule has 0 atom stereocenters. The molecule has 15 heavy (non-hydrogen) atoms. The Morgan fingerprint density at radius 2 is 2.07 bits per heavy atom. The van der Waals surface area contributed by atoms with E-state index < -0.39 is 0 Å². The second kappa shape index (κ2) is 3.79. The van der Waals surface area contributed by atoms with E-state index in [2.05, 4.69) is 15.9 Å². The third-order valence-electron chi connectivity index (χ3n) is 1.95. The molecule has 0 radical (unpaired) electrons. The predicted octanol–water partition coefficient (Wildman–Crippen LogP) is 1.36.